The van der Waals surface area contributed by atoms with Gasteiger partial charge in [-0.05, 0) is 125 Å². The summed E-state index contributed by atoms with van der Waals surface area (Å²) in [7, 11) is -3.49. The first kappa shape index (κ1) is 24.6. The van der Waals surface area contributed by atoms with Crippen LogP contribution in [0.2, 0.25) is 5.02 Å². The molecule has 7 heteroatoms. The molecule has 0 bridgehead atoms. The monoisotopic (exact) mass is 492 g/mol. The summed E-state index contributed by atoms with van der Waals surface area (Å²) in [5, 5.41) is 0.533. The number of hydrogen-bond donors (Lipinski definition) is 1. The smallest absolute Gasteiger partial charge is 0.240 e. The van der Waals surface area contributed by atoms with Gasteiger partial charge in [0.2, 0.25) is 10.0 Å². The van der Waals surface area contributed by atoms with Crippen molar-refractivity contribution in [3.63, 3.8) is 0 Å². The number of sulfonamides is 1. The highest BCUT2D eigenvalue weighted by molar-refractivity contribution is 7.89. The fraction of sp³-hybridized carbons (Fsp3) is 0.538. The second-order valence-corrected chi connectivity index (χ2v) is 11.9. The Balaban J connectivity index is 1.14. The maximum absolute atomic E-state index is 13.4. The number of rotatable bonds is 8. The quantitative estimate of drug-likeness (QED) is 0.517. The van der Waals surface area contributed by atoms with Gasteiger partial charge < -0.3 is 4.90 Å². The Morgan fingerprint density at radius 3 is 2.30 bits per heavy atom. The molecule has 0 radical (unpaired) electrons. The maximum atomic E-state index is 13.4. The van der Waals surface area contributed by atoms with E-state index in [4.69, 9.17) is 11.6 Å². The predicted molar refractivity (Wildman–Crippen MR) is 131 cm³/mol. The van der Waals surface area contributed by atoms with Gasteiger partial charge in [-0.2, -0.15) is 0 Å². The minimum atomic E-state index is -3.49. The lowest BCUT2D eigenvalue weighted by Crippen LogP contribution is -2.39. The van der Waals surface area contributed by atoms with E-state index in [9.17, 15) is 12.8 Å². The lowest BCUT2D eigenvalue weighted by molar-refractivity contribution is 0.164. The highest BCUT2D eigenvalue weighted by atomic mass is 35.5. The van der Waals surface area contributed by atoms with Crippen LogP contribution in [0.25, 0.3) is 0 Å². The molecule has 0 spiro atoms. The molecule has 1 aliphatic heterocycles. The summed E-state index contributed by atoms with van der Waals surface area (Å²) < 4.78 is 41.5. The van der Waals surface area contributed by atoms with Crippen LogP contribution in [0.1, 0.15) is 50.5 Å². The minimum absolute atomic E-state index is 0.0143. The molecule has 1 saturated carbocycles. The van der Waals surface area contributed by atoms with Crippen LogP contribution < -0.4 is 4.72 Å². The summed E-state index contributed by atoms with van der Waals surface area (Å²) in [6.45, 7) is 3.37. The van der Waals surface area contributed by atoms with Crippen LogP contribution in [0.5, 0.6) is 0 Å². The third kappa shape index (κ3) is 7.25. The molecule has 2 fully saturated rings. The Morgan fingerprint density at radius 2 is 1.64 bits per heavy atom. The molecule has 4 rings (SSSR count). The average Bonchev–Trinajstić information content (AvgIpc) is 2.80. The van der Waals surface area contributed by atoms with Crippen molar-refractivity contribution in [1.82, 2.24) is 9.62 Å². The molecular formula is C26H34ClFN2O2S. The van der Waals surface area contributed by atoms with Gasteiger partial charge in [-0.1, -0.05) is 23.7 Å². The van der Waals surface area contributed by atoms with Crippen molar-refractivity contribution in [3.05, 3.63) is 64.9 Å². The zero-order valence-corrected chi connectivity index (χ0v) is 20.6. The van der Waals surface area contributed by atoms with Crippen molar-refractivity contribution in [2.75, 3.05) is 19.6 Å². The van der Waals surface area contributed by atoms with Crippen molar-refractivity contribution >= 4 is 21.6 Å². The maximum Gasteiger partial charge on any atom is 0.240 e. The summed E-state index contributed by atoms with van der Waals surface area (Å²) in [6.07, 6.45) is 8.45. The van der Waals surface area contributed by atoms with Crippen LogP contribution in [-0.4, -0.2) is 39.0 Å². The van der Waals surface area contributed by atoms with E-state index in [0.717, 1.165) is 57.3 Å². The molecule has 1 heterocycles. The molecular weight excluding hydrogens is 459 g/mol. The van der Waals surface area contributed by atoms with Crippen LogP contribution >= 0.6 is 11.6 Å². The number of nitrogens with zero attached hydrogens (tertiary/aromatic N) is 1. The lowest BCUT2D eigenvalue weighted by atomic mass is 9.84. The summed E-state index contributed by atoms with van der Waals surface area (Å²) in [5.74, 6) is 1.18. The highest BCUT2D eigenvalue weighted by Crippen LogP contribution is 2.29. The Bertz CT molecular complexity index is 999. The number of piperidine rings is 1. The first-order valence-corrected chi connectivity index (χ1v) is 14.0. The average molecular weight is 493 g/mol. The van der Waals surface area contributed by atoms with E-state index in [0.29, 0.717) is 16.9 Å². The van der Waals surface area contributed by atoms with E-state index in [1.165, 1.54) is 25.3 Å². The van der Waals surface area contributed by atoms with Gasteiger partial charge in [0.05, 0.1) is 4.90 Å². The number of halogens is 2. The second-order valence-electron chi connectivity index (χ2n) is 9.70. The van der Waals surface area contributed by atoms with Gasteiger partial charge in [0.1, 0.15) is 5.82 Å². The van der Waals surface area contributed by atoms with Crippen LogP contribution in [0.4, 0.5) is 4.39 Å². The van der Waals surface area contributed by atoms with Crippen molar-refractivity contribution in [3.8, 4) is 0 Å². The topological polar surface area (TPSA) is 49.4 Å². The Labute approximate surface area is 202 Å². The first-order valence-electron chi connectivity index (χ1n) is 12.1. The van der Waals surface area contributed by atoms with Gasteiger partial charge in [-0.15, -0.1) is 0 Å². The fourth-order valence-corrected chi connectivity index (χ4v) is 6.68. The van der Waals surface area contributed by atoms with Crippen LogP contribution in [0, 0.1) is 17.7 Å². The number of nitrogens with one attached hydrogen (secondary N) is 1. The van der Waals surface area contributed by atoms with Crippen molar-refractivity contribution in [1.29, 1.82) is 0 Å². The molecule has 33 heavy (non-hydrogen) atoms. The molecule has 180 valence electrons. The highest BCUT2D eigenvalue weighted by Gasteiger charge is 2.27. The Kier molecular flexibility index (Phi) is 8.44. The van der Waals surface area contributed by atoms with E-state index < -0.39 is 10.0 Å². The molecule has 1 N–H and O–H groups in total. The number of hydrogen-bond acceptors (Lipinski definition) is 3. The third-order valence-electron chi connectivity index (χ3n) is 7.27. The van der Waals surface area contributed by atoms with Crippen molar-refractivity contribution in [2.24, 2.45) is 11.8 Å². The first-order chi connectivity index (χ1) is 15.9. The molecule has 0 unspecified atom stereocenters. The van der Waals surface area contributed by atoms with Gasteiger partial charge >= 0.3 is 0 Å². The molecule has 2 aliphatic rings. The molecule has 1 saturated heterocycles. The molecule has 0 atom stereocenters. The second kappa shape index (κ2) is 11.3. The lowest BCUT2D eigenvalue weighted by Gasteiger charge is -2.34. The zero-order valence-electron chi connectivity index (χ0n) is 19.1. The van der Waals surface area contributed by atoms with E-state index in [1.54, 1.807) is 36.4 Å². The van der Waals surface area contributed by atoms with Gasteiger partial charge in [-0.25, -0.2) is 17.5 Å². The summed E-state index contributed by atoms with van der Waals surface area (Å²) in [4.78, 5) is 2.84. The van der Waals surface area contributed by atoms with Gasteiger partial charge in [0.25, 0.3) is 0 Å². The fourth-order valence-electron chi connectivity index (χ4n) is 5.25. The largest absolute Gasteiger partial charge is 0.303 e. The predicted octanol–water partition coefficient (Wildman–Crippen LogP) is 5.66. The zero-order chi connectivity index (χ0) is 23.3. The molecule has 0 aromatic heterocycles. The number of benzene rings is 2. The minimum Gasteiger partial charge on any atom is -0.303 e. The van der Waals surface area contributed by atoms with E-state index >= 15 is 0 Å². The van der Waals surface area contributed by atoms with Gasteiger partial charge in [-0.3, -0.25) is 0 Å². The molecule has 0 amide bonds. The van der Waals surface area contributed by atoms with Crippen LogP contribution in [-0.2, 0) is 16.4 Å². The molecule has 4 nitrogen and oxygen atoms in total. The third-order valence-corrected chi connectivity index (χ3v) is 9.06. The van der Waals surface area contributed by atoms with E-state index in [2.05, 4.69) is 9.62 Å². The van der Waals surface area contributed by atoms with Crippen molar-refractivity contribution in [2.45, 2.75) is 62.3 Å². The van der Waals surface area contributed by atoms with Crippen LogP contribution in [0.15, 0.2) is 53.4 Å². The SMILES string of the molecule is O=S(=O)(NC1CCC(CCN2CCC(Cc3cccc(F)c3)CC2)CC1)c1ccc(Cl)cc1. The molecule has 1 aliphatic carbocycles. The van der Waals surface area contributed by atoms with E-state index in [-0.39, 0.29) is 16.8 Å². The van der Waals surface area contributed by atoms with Gasteiger partial charge in [0.15, 0.2) is 0 Å². The normalized spacial score (nSPS) is 23.0. The van der Waals surface area contributed by atoms with Crippen molar-refractivity contribution < 1.29 is 12.8 Å². The van der Waals surface area contributed by atoms with E-state index in [1.807, 2.05) is 6.07 Å². The Hall–Kier alpha value is -1.47. The molecule has 2 aromatic rings. The van der Waals surface area contributed by atoms with Gasteiger partial charge in [0, 0.05) is 11.1 Å². The number of likely N-dealkylation sites (tertiary alicyclic amines) is 1. The van der Waals surface area contributed by atoms with Crippen LogP contribution in [0.3, 0.4) is 0 Å². The molecule has 2 aromatic carbocycles. The summed E-state index contributed by atoms with van der Waals surface area (Å²) in [6, 6.07) is 13.3. The summed E-state index contributed by atoms with van der Waals surface area (Å²) in [5.41, 5.74) is 1.11. The standard InChI is InChI=1S/C26H34ClFN2O2S/c27-23-6-10-26(11-7-23)33(31,32)29-25-8-4-20(5-9-25)12-15-30-16-13-21(14-17-30)18-22-2-1-3-24(28)19-22/h1-3,6-7,10-11,19-21,25,29H,4-5,8-9,12-18H2. The Morgan fingerprint density at radius 1 is 0.939 bits per heavy atom. The summed E-state index contributed by atoms with van der Waals surface area (Å²) >= 11 is 5.87.